The maximum atomic E-state index is 11.9. The summed E-state index contributed by atoms with van der Waals surface area (Å²) in [4.78, 5) is 3.19. The predicted octanol–water partition coefficient (Wildman–Crippen LogP) is 2.38. The second-order valence-electron chi connectivity index (χ2n) is 2.38. The van der Waals surface area contributed by atoms with Gasteiger partial charge in [0.2, 0.25) is 0 Å². The SMILES string of the molecule is FC(F)n1cnc(CC(F)(F)F)c1. The lowest BCUT2D eigenvalue weighted by Gasteiger charge is -2.02. The molecule has 0 N–H and O–H groups in total. The zero-order valence-corrected chi connectivity index (χ0v) is 6.22. The Hall–Kier alpha value is -1.14. The fraction of sp³-hybridized carbons (Fsp3) is 0.500. The van der Waals surface area contributed by atoms with Crippen molar-refractivity contribution < 1.29 is 22.0 Å². The van der Waals surface area contributed by atoms with Crippen LogP contribution >= 0.6 is 0 Å². The summed E-state index contributed by atoms with van der Waals surface area (Å²) in [6.07, 6.45) is -4.35. The molecule has 0 saturated carbocycles. The highest BCUT2D eigenvalue weighted by molar-refractivity contribution is 4.98. The topological polar surface area (TPSA) is 17.8 Å². The first-order chi connectivity index (χ1) is 5.88. The Kier molecular flexibility index (Phi) is 2.53. The molecular weight excluding hydrogens is 195 g/mol. The van der Waals surface area contributed by atoms with E-state index in [1.54, 1.807) is 0 Å². The van der Waals surface area contributed by atoms with E-state index in [1.807, 2.05) is 0 Å². The van der Waals surface area contributed by atoms with Crippen molar-refractivity contribution in [2.45, 2.75) is 19.1 Å². The minimum absolute atomic E-state index is 0.321. The molecule has 1 aromatic rings. The Bertz CT molecular complexity index is 277. The average molecular weight is 200 g/mol. The van der Waals surface area contributed by atoms with E-state index in [2.05, 4.69) is 4.98 Å². The summed E-state index contributed by atoms with van der Waals surface area (Å²) >= 11 is 0. The van der Waals surface area contributed by atoms with Gasteiger partial charge in [0.1, 0.15) is 0 Å². The fourth-order valence-electron chi connectivity index (χ4n) is 0.783. The highest BCUT2D eigenvalue weighted by atomic mass is 19.4. The van der Waals surface area contributed by atoms with E-state index >= 15 is 0 Å². The molecule has 7 heteroatoms. The molecule has 2 nitrogen and oxygen atoms in total. The van der Waals surface area contributed by atoms with Crippen molar-refractivity contribution in [3.05, 3.63) is 18.2 Å². The van der Waals surface area contributed by atoms with E-state index < -0.39 is 24.8 Å². The van der Waals surface area contributed by atoms with E-state index in [9.17, 15) is 22.0 Å². The standard InChI is InChI=1S/C6H5F5N2/c7-5(8)13-2-4(12-3-13)1-6(9,10)11/h2-3,5H,1H2. The normalized spacial score (nSPS) is 12.5. The summed E-state index contributed by atoms with van der Waals surface area (Å²) in [6, 6.07) is 0. The third-order valence-corrected chi connectivity index (χ3v) is 1.26. The largest absolute Gasteiger partial charge is 0.394 e. The first-order valence-corrected chi connectivity index (χ1v) is 3.26. The van der Waals surface area contributed by atoms with Crippen molar-refractivity contribution in [1.82, 2.24) is 9.55 Å². The molecule has 0 spiro atoms. The summed E-state index contributed by atoms with van der Waals surface area (Å²) in [7, 11) is 0. The summed E-state index contributed by atoms with van der Waals surface area (Å²) < 4.78 is 59.2. The van der Waals surface area contributed by atoms with Crippen molar-refractivity contribution >= 4 is 0 Å². The number of alkyl halides is 5. The lowest BCUT2D eigenvalue weighted by Crippen LogP contribution is -2.11. The molecule has 0 atom stereocenters. The summed E-state index contributed by atoms with van der Waals surface area (Å²) in [6.45, 7) is -2.85. The highest BCUT2D eigenvalue weighted by Crippen LogP contribution is 2.21. The van der Waals surface area contributed by atoms with Gasteiger partial charge in [-0.25, -0.2) is 4.98 Å². The van der Waals surface area contributed by atoms with Crippen molar-refractivity contribution in [2.75, 3.05) is 0 Å². The van der Waals surface area contributed by atoms with Crippen LogP contribution < -0.4 is 0 Å². The summed E-state index contributed by atoms with van der Waals surface area (Å²) in [5.41, 5.74) is -0.409. The molecule has 0 amide bonds. The van der Waals surface area contributed by atoms with Gasteiger partial charge in [-0.15, -0.1) is 0 Å². The van der Waals surface area contributed by atoms with Crippen LogP contribution in [0.5, 0.6) is 0 Å². The van der Waals surface area contributed by atoms with Crippen LogP contribution in [0.1, 0.15) is 12.2 Å². The molecule has 0 fully saturated rings. The highest BCUT2D eigenvalue weighted by Gasteiger charge is 2.29. The number of nitrogens with zero attached hydrogens (tertiary/aromatic N) is 2. The van der Waals surface area contributed by atoms with Gasteiger partial charge in [-0.05, 0) is 0 Å². The van der Waals surface area contributed by atoms with Gasteiger partial charge in [0, 0.05) is 6.20 Å². The van der Waals surface area contributed by atoms with Crippen LogP contribution in [0.4, 0.5) is 22.0 Å². The molecule has 0 aliphatic carbocycles. The number of aromatic nitrogens is 2. The summed E-state index contributed by atoms with van der Waals surface area (Å²) in [5, 5.41) is 0. The van der Waals surface area contributed by atoms with Crippen LogP contribution in [0.15, 0.2) is 12.5 Å². The molecule has 0 saturated heterocycles. The van der Waals surface area contributed by atoms with Gasteiger partial charge in [-0.2, -0.15) is 22.0 Å². The van der Waals surface area contributed by atoms with E-state index in [0.29, 0.717) is 17.1 Å². The van der Waals surface area contributed by atoms with Crippen molar-refractivity contribution in [2.24, 2.45) is 0 Å². The van der Waals surface area contributed by atoms with Crippen LogP contribution in [0.3, 0.4) is 0 Å². The number of rotatable bonds is 2. The van der Waals surface area contributed by atoms with Crippen LogP contribution in [0, 0.1) is 0 Å². The molecule has 0 unspecified atom stereocenters. The molecule has 1 heterocycles. The Morgan fingerprint density at radius 1 is 1.38 bits per heavy atom. The van der Waals surface area contributed by atoms with Crippen LogP contribution in [-0.2, 0) is 6.42 Å². The Morgan fingerprint density at radius 3 is 2.38 bits per heavy atom. The Balaban J connectivity index is 2.70. The molecule has 0 radical (unpaired) electrons. The van der Waals surface area contributed by atoms with Gasteiger partial charge in [-0.1, -0.05) is 0 Å². The van der Waals surface area contributed by atoms with Crippen LogP contribution in [0.25, 0.3) is 0 Å². The zero-order valence-electron chi connectivity index (χ0n) is 6.22. The second kappa shape index (κ2) is 3.31. The minimum atomic E-state index is -4.42. The van der Waals surface area contributed by atoms with Gasteiger partial charge in [-0.3, -0.25) is 4.57 Å². The second-order valence-corrected chi connectivity index (χ2v) is 2.38. The molecule has 0 bridgehead atoms. The van der Waals surface area contributed by atoms with Gasteiger partial charge < -0.3 is 0 Å². The monoisotopic (exact) mass is 200 g/mol. The third-order valence-electron chi connectivity index (χ3n) is 1.26. The quantitative estimate of drug-likeness (QED) is 0.670. The predicted molar refractivity (Wildman–Crippen MR) is 33.2 cm³/mol. The van der Waals surface area contributed by atoms with E-state index in [-0.39, 0.29) is 0 Å². The molecule has 0 aliphatic rings. The molecule has 13 heavy (non-hydrogen) atoms. The Morgan fingerprint density at radius 2 is 2.00 bits per heavy atom. The fourth-order valence-corrected chi connectivity index (χ4v) is 0.783. The smallest absolute Gasteiger partial charge is 0.280 e. The van der Waals surface area contributed by atoms with Crippen molar-refractivity contribution in [1.29, 1.82) is 0 Å². The maximum Gasteiger partial charge on any atom is 0.394 e. The van der Waals surface area contributed by atoms with E-state index in [1.165, 1.54) is 0 Å². The minimum Gasteiger partial charge on any atom is -0.280 e. The first kappa shape index (κ1) is 9.94. The lowest BCUT2D eigenvalue weighted by molar-refractivity contribution is -0.127. The number of hydrogen-bond acceptors (Lipinski definition) is 1. The van der Waals surface area contributed by atoms with Crippen molar-refractivity contribution in [3.8, 4) is 0 Å². The zero-order chi connectivity index (χ0) is 10.1. The van der Waals surface area contributed by atoms with Gasteiger partial charge >= 0.3 is 12.7 Å². The first-order valence-electron chi connectivity index (χ1n) is 3.26. The average Bonchev–Trinajstić information content (AvgIpc) is 2.31. The van der Waals surface area contributed by atoms with Crippen LogP contribution in [-0.4, -0.2) is 15.7 Å². The molecular formula is C6H5F5N2. The number of halogens is 5. The van der Waals surface area contributed by atoms with E-state index in [4.69, 9.17) is 0 Å². The molecule has 1 aromatic heterocycles. The van der Waals surface area contributed by atoms with Gasteiger partial charge in [0.15, 0.2) is 0 Å². The third kappa shape index (κ3) is 3.00. The van der Waals surface area contributed by atoms with Gasteiger partial charge in [0.25, 0.3) is 0 Å². The van der Waals surface area contributed by atoms with Crippen LogP contribution in [0.2, 0.25) is 0 Å². The molecule has 1 rings (SSSR count). The molecule has 0 aliphatic heterocycles. The number of hydrogen-bond donors (Lipinski definition) is 0. The summed E-state index contributed by atoms with van der Waals surface area (Å²) in [5.74, 6) is 0. The maximum absolute atomic E-state index is 11.9. The van der Waals surface area contributed by atoms with Gasteiger partial charge in [0.05, 0.1) is 18.4 Å². The Labute approximate surface area is 70.0 Å². The molecule has 0 aromatic carbocycles. The van der Waals surface area contributed by atoms with Crippen molar-refractivity contribution in [3.63, 3.8) is 0 Å². The molecule has 74 valence electrons. The number of imidazole rings is 1. The van der Waals surface area contributed by atoms with E-state index in [0.717, 1.165) is 0 Å². The lowest BCUT2D eigenvalue weighted by atomic mass is 10.3.